The van der Waals surface area contributed by atoms with Gasteiger partial charge in [0.15, 0.2) is 0 Å². The van der Waals surface area contributed by atoms with Crippen molar-refractivity contribution in [2.45, 2.75) is 0 Å². The van der Waals surface area contributed by atoms with E-state index >= 15 is 0 Å². The molecule has 0 fully saturated rings. The van der Waals surface area contributed by atoms with Gasteiger partial charge in [-0.1, -0.05) is 30.3 Å². The summed E-state index contributed by atoms with van der Waals surface area (Å²) in [5, 5.41) is 0.598. The lowest BCUT2D eigenvalue weighted by Gasteiger charge is -2.17. The largest absolute Gasteiger partial charge is 0.325 e. The van der Waals surface area contributed by atoms with Crippen molar-refractivity contribution in [3.05, 3.63) is 60.4 Å². The minimum absolute atomic E-state index is 0.105. The zero-order chi connectivity index (χ0) is 12.3. The molecule has 0 bridgehead atoms. The summed E-state index contributed by atoms with van der Waals surface area (Å²) in [6, 6.07) is 14.6. The van der Waals surface area contributed by atoms with E-state index < -0.39 is 13.2 Å². The van der Waals surface area contributed by atoms with Crippen LogP contribution in [0.3, 0.4) is 0 Å². The monoisotopic (exact) mass is 250 g/mol. The second-order valence-electron chi connectivity index (χ2n) is 3.52. The highest BCUT2D eigenvalue weighted by Crippen LogP contribution is 2.44. The Morgan fingerprint density at radius 1 is 1.00 bits per heavy atom. The van der Waals surface area contributed by atoms with Crippen molar-refractivity contribution in [1.82, 2.24) is 0 Å². The first-order chi connectivity index (χ1) is 8.18. The summed E-state index contributed by atoms with van der Waals surface area (Å²) < 4.78 is 31.6. The summed E-state index contributed by atoms with van der Waals surface area (Å²) in [6.07, 6.45) is 0. The lowest BCUT2D eigenvalue weighted by Crippen LogP contribution is -2.19. The first kappa shape index (κ1) is 12.0. The molecule has 0 aliphatic heterocycles. The normalized spacial score (nSPS) is 14.2. The Balaban J connectivity index is 2.61. The van der Waals surface area contributed by atoms with E-state index in [-0.39, 0.29) is 5.30 Å². The Labute approximate surface area is 99.5 Å². The molecule has 0 amide bonds. The second-order valence-corrected chi connectivity index (χ2v) is 5.99. The first-order valence-corrected chi connectivity index (χ1v) is 6.77. The molecule has 1 atom stereocenters. The Kier molecular flexibility index (Phi) is 3.41. The summed E-state index contributed by atoms with van der Waals surface area (Å²) >= 11 is 0. The van der Waals surface area contributed by atoms with E-state index in [4.69, 9.17) is 4.52 Å². The molecule has 0 aromatic heterocycles. The van der Waals surface area contributed by atoms with Crippen molar-refractivity contribution in [3.63, 3.8) is 0 Å². The maximum absolute atomic E-state index is 13.7. The molecule has 2 rings (SSSR count). The van der Waals surface area contributed by atoms with Crippen LogP contribution in [0.5, 0.6) is 0 Å². The average Bonchev–Trinajstić information content (AvgIpc) is 2.39. The molecular weight excluding hydrogens is 238 g/mol. The van der Waals surface area contributed by atoms with Gasteiger partial charge in [0.1, 0.15) is 5.82 Å². The summed E-state index contributed by atoms with van der Waals surface area (Å²) in [5.41, 5.74) is 0. The van der Waals surface area contributed by atoms with Crippen LogP contribution in [0.25, 0.3) is 0 Å². The van der Waals surface area contributed by atoms with Gasteiger partial charge in [-0.05, 0) is 24.3 Å². The molecule has 0 heterocycles. The standard InChI is InChI=1S/C13H12FO2P/c1-16-17(15,11-7-3-2-4-8-11)13-10-6-5-9-12(13)14/h2-10H,1H3. The lowest BCUT2D eigenvalue weighted by atomic mass is 10.3. The summed E-state index contributed by atoms with van der Waals surface area (Å²) in [6.45, 7) is 0. The highest BCUT2D eigenvalue weighted by molar-refractivity contribution is 7.74. The number of halogens is 1. The topological polar surface area (TPSA) is 26.3 Å². The molecule has 0 aliphatic carbocycles. The average molecular weight is 250 g/mol. The zero-order valence-electron chi connectivity index (χ0n) is 9.34. The predicted molar refractivity (Wildman–Crippen MR) is 66.7 cm³/mol. The van der Waals surface area contributed by atoms with E-state index in [1.54, 1.807) is 36.4 Å². The van der Waals surface area contributed by atoms with Gasteiger partial charge in [-0.25, -0.2) is 4.39 Å². The fourth-order valence-corrected chi connectivity index (χ4v) is 3.55. The van der Waals surface area contributed by atoms with Crippen LogP contribution in [0.4, 0.5) is 4.39 Å². The molecule has 2 aromatic rings. The van der Waals surface area contributed by atoms with Gasteiger partial charge in [0.05, 0.1) is 5.30 Å². The van der Waals surface area contributed by atoms with Crippen LogP contribution in [-0.2, 0) is 9.09 Å². The van der Waals surface area contributed by atoms with E-state index in [9.17, 15) is 8.96 Å². The van der Waals surface area contributed by atoms with Gasteiger partial charge in [-0.2, -0.15) is 0 Å². The van der Waals surface area contributed by atoms with Gasteiger partial charge in [0.2, 0.25) is 0 Å². The van der Waals surface area contributed by atoms with Gasteiger partial charge in [-0.3, -0.25) is 4.57 Å². The van der Waals surface area contributed by atoms with Crippen LogP contribution in [0.2, 0.25) is 0 Å². The zero-order valence-corrected chi connectivity index (χ0v) is 10.2. The quantitative estimate of drug-likeness (QED) is 0.783. The smallest absolute Gasteiger partial charge is 0.263 e. The Morgan fingerprint density at radius 3 is 2.18 bits per heavy atom. The van der Waals surface area contributed by atoms with E-state index in [0.29, 0.717) is 5.30 Å². The van der Waals surface area contributed by atoms with Crippen molar-refractivity contribution in [2.24, 2.45) is 0 Å². The van der Waals surface area contributed by atoms with Crippen LogP contribution in [0.15, 0.2) is 54.6 Å². The minimum atomic E-state index is -3.32. The third kappa shape index (κ3) is 2.17. The van der Waals surface area contributed by atoms with Gasteiger partial charge >= 0.3 is 0 Å². The number of hydrogen-bond donors (Lipinski definition) is 0. The summed E-state index contributed by atoms with van der Waals surface area (Å²) in [5.74, 6) is -0.512. The highest BCUT2D eigenvalue weighted by atomic mass is 31.2. The number of benzene rings is 2. The number of hydrogen-bond acceptors (Lipinski definition) is 2. The third-order valence-electron chi connectivity index (χ3n) is 2.52. The molecule has 88 valence electrons. The van der Waals surface area contributed by atoms with Gasteiger partial charge in [0, 0.05) is 12.4 Å². The first-order valence-electron chi connectivity index (χ1n) is 5.15. The molecule has 0 N–H and O–H groups in total. The molecule has 0 radical (unpaired) electrons. The van der Waals surface area contributed by atoms with Gasteiger partial charge in [0.25, 0.3) is 7.37 Å². The van der Waals surface area contributed by atoms with E-state index in [1.165, 1.54) is 19.2 Å². The van der Waals surface area contributed by atoms with Crippen molar-refractivity contribution in [3.8, 4) is 0 Å². The van der Waals surface area contributed by atoms with Crippen molar-refractivity contribution < 1.29 is 13.5 Å². The fraction of sp³-hybridized carbons (Fsp3) is 0.0769. The van der Waals surface area contributed by atoms with Crippen LogP contribution < -0.4 is 10.6 Å². The Morgan fingerprint density at radius 2 is 1.59 bits per heavy atom. The summed E-state index contributed by atoms with van der Waals surface area (Å²) in [7, 11) is -1.98. The van der Waals surface area contributed by atoms with Crippen LogP contribution >= 0.6 is 7.37 Å². The molecule has 0 saturated heterocycles. The second kappa shape index (κ2) is 4.82. The van der Waals surface area contributed by atoms with Crippen LogP contribution in [-0.4, -0.2) is 7.11 Å². The van der Waals surface area contributed by atoms with E-state index in [0.717, 1.165) is 0 Å². The Hall–Kier alpha value is -1.44. The SMILES string of the molecule is COP(=O)(c1ccccc1)c1ccccc1F. The maximum Gasteiger partial charge on any atom is 0.263 e. The lowest BCUT2D eigenvalue weighted by molar-refractivity contribution is 0.411. The van der Waals surface area contributed by atoms with Crippen molar-refractivity contribution >= 4 is 18.0 Å². The van der Waals surface area contributed by atoms with Crippen molar-refractivity contribution in [2.75, 3.05) is 7.11 Å². The molecule has 0 aliphatic rings. The molecule has 2 aromatic carbocycles. The van der Waals surface area contributed by atoms with Crippen molar-refractivity contribution in [1.29, 1.82) is 0 Å². The van der Waals surface area contributed by atoms with Crippen LogP contribution in [0, 0.1) is 5.82 Å². The number of rotatable bonds is 3. The van der Waals surface area contributed by atoms with E-state index in [1.807, 2.05) is 6.07 Å². The van der Waals surface area contributed by atoms with E-state index in [2.05, 4.69) is 0 Å². The molecule has 17 heavy (non-hydrogen) atoms. The third-order valence-corrected chi connectivity index (χ3v) is 5.01. The molecule has 4 heteroatoms. The Bertz CT molecular complexity index is 554. The molecular formula is C13H12FO2P. The van der Waals surface area contributed by atoms with Gasteiger partial charge in [-0.15, -0.1) is 0 Å². The fourth-order valence-electron chi connectivity index (χ4n) is 1.66. The highest BCUT2D eigenvalue weighted by Gasteiger charge is 2.29. The predicted octanol–water partition coefficient (Wildman–Crippen LogP) is 2.70. The molecule has 0 spiro atoms. The maximum atomic E-state index is 13.7. The minimum Gasteiger partial charge on any atom is -0.325 e. The summed E-state index contributed by atoms with van der Waals surface area (Å²) in [4.78, 5) is 0. The van der Waals surface area contributed by atoms with Gasteiger partial charge < -0.3 is 4.52 Å². The van der Waals surface area contributed by atoms with Crippen LogP contribution in [0.1, 0.15) is 0 Å². The molecule has 1 unspecified atom stereocenters. The molecule has 2 nitrogen and oxygen atoms in total. The molecule has 0 saturated carbocycles.